The lowest BCUT2D eigenvalue weighted by molar-refractivity contribution is -0.929. The van der Waals surface area contributed by atoms with Crippen molar-refractivity contribution in [1.82, 2.24) is 0 Å². The zero-order valence-corrected chi connectivity index (χ0v) is 26.5. The topological polar surface area (TPSA) is 70.5 Å². The van der Waals surface area contributed by atoms with Gasteiger partial charge >= 0.3 is 0 Å². The number of thiocarbonyl (C=S) groups is 2. The Morgan fingerprint density at radius 1 is 0.564 bits per heavy atom. The second-order valence-corrected chi connectivity index (χ2v) is 10.6. The van der Waals surface area contributed by atoms with Crippen LogP contribution in [0.25, 0.3) is 0 Å². The van der Waals surface area contributed by atoms with E-state index in [2.05, 4.69) is 52.1 Å². The monoisotopic (exact) mass is 576 g/mol. The van der Waals surface area contributed by atoms with Crippen LogP contribution in [0.2, 0.25) is 0 Å². The zero-order valence-electron chi connectivity index (χ0n) is 24.9. The van der Waals surface area contributed by atoms with E-state index in [-0.39, 0.29) is 10.3 Å². The third-order valence-electron chi connectivity index (χ3n) is 6.39. The van der Waals surface area contributed by atoms with Crippen molar-refractivity contribution < 1.29 is 14.0 Å². The number of hydrogen-bond donors (Lipinski definition) is 2. The van der Waals surface area contributed by atoms with Gasteiger partial charge in [0, 0.05) is 0 Å². The summed E-state index contributed by atoms with van der Waals surface area (Å²) in [6, 6.07) is 19.5. The number of benzene rings is 2. The highest BCUT2D eigenvalue weighted by atomic mass is 32.1. The Hall–Kier alpha value is -2.22. The van der Waals surface area contributed by atoms with E-state index in [9.17, 15) is 0 Å². The molecule has 0 saturated heterocycles. The van der Waals surface area contributed by atoms with Gasteiger partial charge in [-0.1, -0.05) is 114 Å². The molecule has 0 saturated carbocycles. The van der Waals surface area contributed by atoms with Crippen molar-refractivity contribution in [2.75, 3.05) is 26.2 Å². The Morgan fingerprint density at radius 2 is 0.846 bits per heavy atom. The average Bonchev–Trinajstić information content (AvgIpc) is 2.96. The summed E-state index contributed by atoms with van der Waals surface area (Å²) in [7, 11) is 0. The fourth-order valence-electron chi connectivity index (χ4n) is 4.10. The van der Waals surface area contributed by atoms with Gasteiger partial charge in [0.25, 0.3) is 10.3 Å². The van der Waals surface area contributed by atoms with Crippen molar-refractivity contribution in [3.63, 3.8) is 0 Å². The second-order valence-electron chi connectivity index (χ2n) is 9.84. The quantitative estimate of drug-likeness (QED) is 0.156. The molecule has 0 aliphatic rings. The van der Waals surface area contributed by atoms with E-state index >= 15 is 0 Å². The molecule has 0 aliphatic carbocycles. The van der Waals surface area contributed by atoms with E-state index in [1.807, 2.05) is 60.7 Å². The maximum Gasteiger partial charge on any atom is 0.254 e. The van der Waals surface area contributed by atoms with E-state index in [1.165, 1.54) is 82.0 Å². The van der Waals surface area contributed by atoms with Gasteiger partial charge in [-0.3, -0.25) is 0 Å². The molecule has 0 radical (unpaired) electrons. The van der Waals surface area contributed by atoms with Crippen molar-refractivity contribution >= 4 is 34.8 Å². The molecule has 0 bridgehead atoms. The van der Waals surface area contributed by atoms with Crippen LogP contribution in [0.15, 0.2) is 60.7 Å². The number of rotatable bonds is 16. The maximum absolute atomic E-state index is 5.15. The molecule has 2 aromatic carbocycles. The van der Waals surface area contributed by atoms with Crippen molar-refractivity contribution in [3.05, 3.63) is 71.8 Å². The summed E-state index contributed by atoms with van der Waals surface area (Å²) in [5.41, 5.74) is 12.4. The molecule has 5 nitrogen and oxygen atoms in total. The number of nitrogens with two attached hydrogens (primary N) is 2. The molecule has 2 aromatic rings. The smallest absolute Gasteiger partial charge is 0.254 e. The minimum absolute atomic E-state index is 0.0915. The van der Waals surface area contributed by atoms with Crippen molar-refractivity contribution in [2.24, 2.45) is 11.5 Å². The number of ether oxygens (including phenoxy) is 2. The van der Waals surface area contributed by atoms with Gasteiger partial charge in [0.2, 0.25) is 0 Å². The van der Waals surface area contributed by atoms with E-state index < -0.39 is 0 Å². The van der Waals surface area contributed by atoms with Gasteiger partial charge in [-0.05, 0) is 61.2 Å². The minimum atomic E-state index is 0.0915. The first-order chi connectivity index (χ1) is 18.8. The summed E-state index contributed by atoms with van der Waals surface area (Å²) >= 11 is 9.10. The van der Waals surface area contributed by atoms with E-state index in [4.69, 9.17) is 20.9 Å². The molecular formula is C32H54N3O2S2+. The molecule has 2 rings (SSSR count). The Morgan fingerprint density at radius 3 is 1.08 bits per heavy atom. The van der Waals surface area contributed by atoms with Crippen LogP contribution in [-0.2, 0) is 22.7 Å². The van der Waals surface area contributed by atoms with Gasteiger partial charge in [0.1, 0.15) is 13.2 Å². The molecule has 0 amide bonds. The van der Waals surface area contributed by atoms with Gasteiger partial charge in [-0.15, -0.1) is 0 Å². The minimum Gasteiger partial charge on any atom is -0.466 e. The van der Waals surface area contributed by atoms with E-state index in [0.29, 0.717) is 13.2 Å². The molecule has 0 aliphatic heterocycles. The lowest BCUT2D eigenvalue weighted by Gasteiger charge is -2.39. The molecule has 0 spiro atoms. The Balaban J connectivity index is 0.000000575. The van der Waals surface area contributed by atoms with Crippen molar-refractivity contribution in [1.29, 1.82) is 0 Å². The van der Waals surface area contributed by atoms with Gasteiger partial charge in [-0.2, -0.15) is 0 Å². The lowest BCUT2D eigenvalue weighted by Crippen LogP contribution is -2.50. The summed E-state index contributed by atoms with van der Waals surface area (Å²) in [4.78, 5) is 0. The summed E-state index contributed by atoms with van der Waals surface area (Å²) in [6.07, 6.45) is 11.1. The first kappa shape index (κ1) is 36.8. The van der Waals surface area contributed by atoms with Crippen LogP contribution in [0, 0.1) is 0 Å². The van der Waals surface area contributed by atoms with E-state index in [0.717, 1.165) is 11.1 Å². The fourth-order valence-corrected chi connectivity index (χ4v) is 4.22. The third kappa shape index (κ3) is 21.3. The standard InChI is InChI=1S/C16H36N.2C8H9NOS/c1-5-9-13-17(14-10-6-2,15-11-7-3)16-12-8-4;2*9-8(11)10-6-7-4-2-1-3-5-7/h5-16H2,1-4H3;2*1-5H,6H2,(H2,9,11)/q+1;;. The first-order valence-corrected chi connectivity index (χ1v) is 15.4. The van der Waals surface area contributed by atoms with Gasteiger partial charge in [-0.25, -0.2) is 0 Å². The normalized spacial score (nSPS) is 10.4. The molecule has 4 N–H and O–H groups in total. The summed E-state index contributed by atoms with van der Waals surface area (Å²) in [6.45, 7) is 15.9. The molecule has 0 unspecified atom stereocenters. The van der Waals surface area contributed by atoms with Gasteiger partial charge in [0.15, 0.2) is 0 Å². The Labute approximate surface area is 249 Å². The Bertz CT molecular complexity index is 760. The second kappa shape index (κ2) is 24.8. The van der Waals surface area contributed by atoms with Crippen LogP contribution < -0.4 is 11.5 Å². The molecule has 220 valence electrons. The highest BCUT2D eigenvalue weighted by Gasteiger charge is 2.24. The Kier molecular flexibility index (Phi) is 23.4. The van der Waals surface area contributed by atoms with Gasteiger partial charge < -0.3 is 25.4 Å². The first-order valence-electron chi connectivity index (χ1n) is 14.6. The van der Waals surface area contributed by atoms with Crippen LogP contribution in [0.4, 0.5) is 0 Å². The highest BCUT2D eigenvalue weighted by molar-refractivity contribution is 7.80. The number of unbranched alkanes of at least 4 members (excludes halogenated alkanes) is 4. The predicted molar refractivity (Wildman–Crippen MR) is 175 cm³/mol. The number of quaternary nitrogens is 1. The predicted octanol–water partition coefficient (Wildman–Crippen LogP) is 7.90. The summed E-state index contributed by atoms with van der Waals surface area (Å²) in [5.74, 6) is 0. The van der Waals surface area contributed by atoms with Crippen LogP contribution in [0.5, 0.6) is 0 Å². The fraction of sp³-hybridized carbons (Fsp3) is 0.562. The third-order valence-corrected chi connectivity index (χ3v) is 6.63. The van der Waals surface area contributed by atoms with Crippen LogP contribution in [0.3, 0.4) is 0 Å². The van der Waals surface area contributed by atoms with E-state index in [1.54, 1.807) is 0 Å². The molecular weight excluding hydrogens is 523 g/mol. The zero-order chi connectivity index (χ0) is 29.2. The molecule has 39 heavy (non-hydrogen) atoms. The van der Waals surface area contributed by atoms with Crippen LogP contribution in [0.1, 0.15) is 90.2 Å². The average molecular weight is 577 g/mol. The maximum atomic E-state index is 5.15. The van der Waals surface area contributed by atoms with Crippen molar-refractivity contribution in [2.45, 2.75) is 92.3 Å². The number of hydrogen-bond acceptors (Lipinski definition) is 4. The van der Waals surface area contributed by atoms with Crippen molar-refractivity contribution in [3.8, 4) is 0 Å². The molecule has 0 atom stereocenters. The SMILES string of the molecule is CCCC[N+](CCCC)(CCCC)CCCC.NC(=S)OCc1ccccc1.NC(=S)OCc1ccccc1. The highest BCUT2D eigenvalue weighted by Crippen LogP contribution is 2.16. The summed E-state index contributed by atoms with van der Waals surface area (Å²) < 4.78 is 11.3. The molecule has 0 heterocycles. The van der Waals surface area contributed by atoms with Crippen LogP contribution in [-0.4, -0.2) is 41.0 Å². The largest absolute Gasteiger partial charge is 0.466 e. The van der Waals surface area contributed by atoms with Crippen LogP contribution >= 0.6 is 24.4 Å². The lowest BCUT2D eigenvalue weighted by atomic mass is 10.1. The molecule has 0 aromatic heterocycles. The van der Waals surface area contributed by atoms with Gasteiger partial charge in [0.05, 0.1) is 26.2 Å². The molecule has 7 heteroatoms. The summed E-state index contributed by atoms with van der Waals surface area (Å²) in [5, 5.41) is 0.183. The molecule has 0 fully saturated rings. The number of nitrogens with zero attached hydrogens (tertiary/aromatic N) is 1.